The second-order valence-electron chi connectivity index (χ2n) is 7.20. The van der Waals surface area contributed by atoms with E-state index < -0.39 is 12.1 Å². The van der Waals surface area contributed by atoms with E-state index in [9.17, 15) is 14.4 Å². The highest BCUT2D eigenvalue weighted by Gasteiger charge is 2.48. The fourth-order valence-corrected chi connectivity index (χ4v) is 4.54. The topological polar surface area (TPSA) is 87.7 Å². The van der Waals surface area contributed by atoms with Crippen LogP contribution >= 0.6 is 0 Å². The lowest BCUT2D eigenvalue weighted by Crippen LogP contribution is -2.57. The number of carbonyl (C=O) groups excluding carboxylic acids is 3. The number of Topliss-reactive ketones (excluding diaryl/α,β-unsaturated/α-hetero) is 1. The van der Waals surface area contributed by atoms with Crippen molar-refractivity contribution in [3.8, 4) is 5.75 Å². The van der Waals surface area contributed by atoms with Gasteiger partial charge in [-0.15, -0.1) is 0 Å². The number of para-hydroxylation sites is 1. The number of nitrogens with one attached hydrogen (secondary N) is 2. The fourth-order valence-electron chi connectivity index (χ4n) is 4.54. The number of fused-ring (bicyclic) bond motifs is 1. The third-order valence-corrected chi connectivity index (χ3v) is 5.65. The fraction of sp³-hybridized carbons (Fsp3) is 0.450. The number of amides is 2. The molecular formula is C20H23N3O4. The van der Waals surface area contributed by atoms with Gasteiger partial charge in [0.15, 0.2) is 5.78 Å². The second-order valence-corrected chi connectivity index (χ2v) is 7.20. The number of benzene rings is 1. The van der Waals surface area contributed by atoms with E-state index in [-0.39, 0.29) is 23.6 Å². The summed E-state index contributed by atoms with van der Waals surface area (Å²) in [6.07, 6.45) is 2.01. The highest BCUT2D eigenvalue weighted by Crippen LogP contribution is 2.42. The van der Waals surface area contributed by atoms with Crippen LogP contribution in [0.1, 0.15) is 37.8 Å². The summed E-state index contributed by atoms with van der Waals surface area (Å²) in [4.78, 5) is 39.9. The summed E-state index contributed by atoms with van der Waals surface area (Å²) in [5, 5.41) is 6.26. The van der Waals surface area contributed by atoms with Crippen LogP contribution in [-0.4, -0.2) is 48.2 Å². The molecule has 0 aromatic heterocycles. The van der Waals surface area contributed by atoms with E-state index >= 15 is 0 Å². The molecule has 1 aromatic carbocycles. The summed E-state index contributed by atoms with van der Waals surface area (Å²) < 4.78 is 5.52. The van der Waals surface area contributed by atoms with E-state index in [2.05, 4.69) is 10.6 Å². The van der Waals surface area contributed by atoms with E-state index in [1.165, 1.54) is 6.92 Å². The number of hydrogen-bond donors (Lipinski definition) is 2. The van der Waals surface area contributed by atoms with Gasteiger partial charge in [-0.05, 0) is 18.9 Å². The van der Waals surface area contributed by atoms with E-state index in [1.54, 1.807) is 18.1 Å². The van der Waals surface area contributed by atoms with Crippen LogP contribution in [0.4, 0.5) is 0 Å². The molecule has 0 bridgehead atoms. The number of ether oxygens (including phenoxy) is 1. The van der Waals surface area contributed by atoms with Gasteiger partial charge >= 0.3 is 0 Å². The zero-order chi connectivity index (χ0) is 19.1. The lowest BCUT2D eigenvalue weighted by molar-refractivity contribution is -0.142. The Morgan fingerprint density at radius 2 is 2.04 bits per heavy atom. The van der Waals surface area contributed by atoms with Gasteiger partial charge in [0.2, 0.25) is 5.91 Å². The van der Waals surface area contributed by atoms with Crippen molar-refractivity contribution in [3.05, 3.63) is 41.1 Å². The quantitative estimate of drug-likeness (QED) is 0.814. The first-order valence-corrected chi connectivity index (χ1v) is 9.25. The van der Waals surface area contributed by atoms with Crippen LogP contribution in [0.2, 0.25) is 0 Å². The van der Waals surface area contributed by atoms with Crippen LogP contribution in [0.3, 0.4) is 0 Å². The molecule has 142 valence electrons. The zero-order valence-corrected chi connectivity index (χ0v) is 15.5. The van der Waals surface area contributed by atoms with Crippen molar-refractivity contribution in [2.75, 3.05) is 13.7 Å². The molecule has 1 fully saturated rings. The Bertz CT molecular complexity index is 847. The van der Waals surface area contributed by atoms with Crippen molar-refractivity contribution < 1.29 is 19.1 Å². The number of methoxy groups -OCH3 is 1. The number of carbonyl (C=O) groups is 3. The Balaban J connectivity index is 1.95. The van der Waals surface area contributed by atoms with E-state index in [0.717, 1.165) is 18.5 Å². The Morgan fingerprint density at radius 3 is 2.78 bits per heavy atom. The average molecular weight is 369 g/mol. The minimum atomic E-state index is -0.666. The highest BCUT2D eigenvalue weighted by atomic mass is 16.5. The third-order valence-electron chi connectivity index (χ3n) is 5.65. The minimum absolute atomic E-state index is 0.0374. The average Bonchev–Trinajstić information content (AvgIpc) is 2.93. The van der Waals surface area contributed by atoms with Crippen LogP contribution in [0.15, 0.2) is 35.5 Å². The monoisotopic (exact) mass is 369 g/mol. The normalized spacial score (nSPS) is 27.3. The molecule has 27 heavy (non-hydrogen) atoms. The van der Waals surface area contributed by atoms with Gasteiger partial charge in [-0.3, -0.25) is 14.4 Å². The largest absolute Gasteiger partial charge is 0.496 e. The maximum absolute atomic E-state index is 12.8. The zero-order valence-electron chi connectivity index (χ0n) is 15.5. The first kappa shape index (κ1) is 17.6. The van der Waals surface area contributed by atoms with Gasteiger partial charge < -0.3 is 20.3 Å². The van der Waals surface area contributed by atoms with Crippen molar-refractivity contribution in [3.63, 3.8) is 0 Å². The molecule has 3 atom stereocenters. The first-order valence-electron chi connectivity index (χ1n) is 9.25. The molecular weight excluding hydrogens is 346 g/mol. The summed E-state index contributed by atoms with van der Waals surface area (Å²) in [5.41, 5.74) is 1.97. The minimum Gasteiger partial charge on any atom is -0.496 e. The molecule has 2 heterocycles. The van der Waals surface area contributed by atoms with E-state index in [1.807, 2.05) is 18.2 Å². The molecule has 1 saturated carbocycles. The predicted molar refractivity (Wildman–Crippen MR) is 97.9 cm³/mol. The lowest BCUT2D eigenvalue weighted by Gasteiger charge is -2.41. The van der Waals surface area contributed by atoms with Gasteiger partial charge in [-0.1, -0.05) is 18.2 Å². The van der Waals surface area contributed by atoms with Crippen molar-refractivity contribution >= 4 is 17.6 Å². The van der Waals surface area contributed by atoms with Gasteiger partial charge in [-0.2, -0.15) is 0 Å². The molecule has 1 aromatic rings. The SMILES string of the molecule is COc1ccccc1C1C2=C(CNC2=O)NC2CCCC(=O)C2N1C(C)=O. The smallest absolute Gasteiger partial charge is 0.251 e. The number of nitrogens with zero attached hydrogens (tertiary/aromatic N) is 1. The van der Waals surface area contributed by atoms with Gasteiger partial charge in [0.25, 0.3) is 5.91 Å². The maximum atomic E-state index is 12.8. The molecule has 0 spiro atoms. The Kier molecular flexibility index (Phi) is 4.37. The summed E-state index contributed by atoms with van der Waals surface area (Å²) in [5.74, 6) is 0.176. The summed E-state index contributed by atoms with van der Waals surface area (Å²) in [6.45, 7) is 1.84. The van der Waals surface area contributed by atoms with Crippen LogP contribution in [-0.2, 0) is 14.4 Å². The molecule has 7 nitrogen and oxygen atoms in total. The lowest BCUT2D eigenvalue weighted by atomic mass is 9.86. The molecule has 3 unspecified atom stereocenters. The van der Waals surface area contributed by atoms with Crippen molar-refractivity contribution in [2.24, 2.45) is 0 Å². The number of hydrogen-bond acceptors (Lipinski definition) is 5. The van der Waals surface area contributed by atoms with Gasteiger partial charge in [0, 0.05) is 24.6 Å². The van der Waals surface area contributed by atoms with Gasteiger partial charge in [0.05, 0.1) is 31.3 Å². The maximum Gasteiger partial charge on any atom is 0.251 e. The molecule has 3 aliphatic rings. The molecule has 4 rings (SSSR count). The third kappa shape index (κ3) is 2.78. The van der Waals surface area contributed by atoms with Crippen LogP contribution in [0.25, 0.3) is 0 Å². The van der Waals surface area contributed by atoms with Crippen LogP contribution in [0.5, 0.6) is 5.75 Å². The van der Waals surface area contributed by atoms with Gasteiger partial charge in [0.1, 0.15) is 11.8 Å². The number of rotatable bonds is 2. The van der Waals surface area contributed by atoms with Crippen molar-refractivity contribution in [2.45, 2.75) is 44.3 Å². The highest BCUT2D eigenvalue weighted by molar-refractivity contribution is 6.00. The molecule has 2 N–H and O–H groups in total. The summed E-state index contributed by atoms with van der Waals surface area (Å²) in [6, 6.07) is 5.90. The molecule has 0 saturated heterocycles. The molecule has 0 radical (unpaired) electrons. The van der Waals surface area contributed by atoms with E-state index in [0.29, 0.717) is 29.9 Å². The standard InChI is InChI=1S/C20H23N3O4/c1-11(24)23-18(12-6-3-4-9-16(12)27-2)17-14(10-21-20(17)26)22-13-7-5-8-15(25)19(13)23/h3-4,6,9,13,18-19,22H,5,7-8,10H2,1-2H3,(H,21,26). The second kappa shape index (κ2) is 6.72. The first-order chi connectivity index (χ1) is 13.0. The Morgan fingerprint density at radius 1 is 1.26 bits per heavy atom. The summed E-state index contributed by atoms with van der Waals surface area (Å²) in [7, 11) is 1.56. The van der Waals surface area contributed by atoms with Gasteiger partial charge in [-0.25, -0.2) is 0 Å². The molecule has 2 amide bonds. The van der Waals surface area contributed by atoms with Crippen molar-refractivity contribution in [1.82, 2.24) is 15.5 Å². The van der Waals surface area contributed by atoms with Crippen molar-refractivity contribution in [1.29, 1.82) is 0 Å². The van der Waals surface area contributed by atoms with Crippen LogP contribution in [0, 0.1) is 0 Å². The van der Waals surface area contributed by atoms with Crippen LogP contribution < -0.4 is 15.4 Å². The molecule has 1 aliphatic carbocycles. The Labute approximate surface area is 157 Å². The summed E-state index contributed by atoms with van der Waals surface area (Å²) >= 11 is 0. The Hall–Kier alpha value is -2.83. The molecule has 2 aliphatic heterocycles. The van der Waals surface area contributed by atoms with E-state index in [4.69, 9.17) is 4.74 Å². The molecule has 7 heteroatoms. The predicted octanol–water partition coefficient (Wildman–Crippen LogP) is 1.06. The number of ketones is 1.